The van der Waals surface area contributed by atoms with Crippen LogP contribution in [-0.4, -0.2) is 30.1 Å². The molecule has 1 aliphatic heterocycles. The van der Waals surface area contributed by atoms with Gasteiger partial charge in [-0.25, -0.2) is 24.3 Å². The van der Waals surface area contributed by atoms with E-state index in [1.54, 1.807) is 36.8 Å². The molecule has 0 fully saturated rings. The molecule has 34 heavy (non-hydrogen) atoms. The molecule has 0 spiro atoms. The van der Waals surface area contributed by atoms with Crippen molar-refractivity contribution in [2.24, 2.45) is 0 Å². The monoisotopic (exact) mass is 467 g/mol. The zero-order chi connectivity index (χ0) is 23.1. The van der Waals surface area contributed by atoms with Crippen molar-refractivity contribution in [3.05, 3.63) is 94.3 Å². The highest BCUT2D eigenvalue weighted by Gasteiger charge is 2.22. The Balaban J connectivity index is 1.27. The predicted octanol–water partition coefficient (Wildman–Crippen LogP) is 4.52. The first kappa shape index (κ1) is 20.3. The maximum atomic E-state index is 14.2. The highest BCUT2D eigenvalue weighted by molar-refractivity contribution is 6.30. The predicted molar refractivity (Wildman–Crippen MR) is 126 cm³/mol. The van der Waals surface area contributed by atoms with Gasteiger partial charge in [-0.1, -0.05) is 23.6 Å². The van der Waals surface area contributed by atoms with E-state index < -0.39 is 5.82 Å². The van der Waals surface area contributed by atoms with Gasteiger partial charge in [-0.2, -0.15) is 5.10 Å². The van der Waals surface area contributed by atoms with Crippen LogP contribution in [0.25, 0.3) is 22.4 Å². The van der Waals surface area contributed by atoms with E-state index in [0.717, 1.165) is 0 Å². The SMILES string of the molecule is Fc1cc(C#Cc2ccnc(-c3ccnc(N4Cc5ccc(Cl)cc5C4)n3)n2)cc2cn[nH]c12. The molecule has 0 bridgehead atoms. The minimum Gasteiger partial charge on any atom is -0.332 e. The van der Waals surface area contributed by atoms with E-state index in [4.69, 9.17) is 11.6 Å². The molecule has 0 aliphatic carbocycles. The molecule has 1 N–H and O–H groups in total. The topological polar surface area (TPSA) is 83.5 Å². The number of aromatic nitrogens is 6. The summed E-state index contributed by atoms with van der Waals surface area (Å²) in [6.07, 6.45) is 4.88. The van der Waals surface area contributed by atoms with Gasteiger partial charge in [0.25, 0.3) is 0 Å². The standard InChI is InChI=1S/C25H15ClFN7/c26-19-3-2-16-13-34(14-18(16)11-19)25-29-8-6-22(32-25)24-28-7-5-20(31-24)4-1-15-9-17-12-30-33-23(17)21(27)10-15/h2-3,5-12H,13-14H2,(H,30,33). The molecule has 3 aromatic heterocycles. The lowest BCUT2D eigenvalue weighted by atomic mass is 10.1. The molecule has 164 valence electrons. The molecule has 6 rings (SSSR count). The van der Waals surface area contributed by atoms with E-state index in [0.29, 0.717) is 57.7 Å². The Kier molecular flexibility index (Phi) is 4.90. The molecule has 0 atom stereocenters. The summed E-state index contributed by atoms with van der Waals surface area (Å²) >= 11 is 6.13. The van der Waals surface area contributed by atoms with Crippen molar-refractivity contribution in [1.29, 1.82) is 0 Å². The molecule has 0 saturated heterocycles. The summed E-state index contributed by atoms with van der Waals surface area (Å²) in [6.45, 7) is 1.39. The minimum absolute atomic E-state index is 0.360. The molecule has 2 aromatic carbocycles. The number of rotatable bonds is 2. The quantitative estimate of drug-likeness (QED) is 0.384. The second kappa shape index (κ2) is 8.21. The van der Waals surface area contributed by atoms with Gasteiger partial charge < -0.3 is 4.90 Å². The molecule has 1 aliphatic rings. The van der Waals surface area contributed by atoms with Crippen LogP contribution >= 0.6 is 11.6 Å². The summed E-state index contributed by atoms with van der Waals surface area (Å²) in [5.74, 6) is 6.56. The fraction of sp³-hybridized carbons (Fsp3) is 0.0800. The van der Waals surface area contributed by atoms with Gasteiger partial charge in [0, 0.05) is 41.5 Å². The number of halogens is 2. The van der Waals surface area contributed by atoms with Gasteiger partial charge in [-0.15, -0.1) is 0 Å². The molecule has 9 heteroatoms. The average molecular weight is 468 g/mol. The number of nitrogens with zero attached hydrogens (tertiary/aromatic N) is 6. The maximum Gasteiger partial charge on any atom is 0.226 e. The fourth-order valence-electron chi connectivity index (χ4n) is 3.90. The molecule has 5 aromatic rings. The van der Waals surface area contributed by atoms with Gasteiger partial charge in [-0.05, 0) is 53.4 Å². The first-order valence-corrected chi connectivity index (χ1v) is 10.8. The Bertz CT molecular complexity index is 1620. The Morgan fingerprint density at radius 1 is 0.941 bits per heavy atom. The first-order valence-electron chi connectivity index (χ1n) is 10.5. The highest BCUT2D eigenvalue weighted by Crippen LogP contribution is 2.28. The lowest BCUT2D eigenvalue weighted by Gasteiger charge is -2.15. The van der Waals surface area contributed by atoms with Crippen molar-refractivity contribution in [3.8, 4) is 23.4 Å². The number of nitrogens with one attached hydrogen (secondary N) is 1. The maximum absolute atomic E-state index is 14.2. The third kappa shape index (κ3) is 3.83. The third-order valence-electron chi connectivity index (χ3n) is 5.54. The van der Waals surface area contributed by atoms with E-state index in [9.17, 15) is 4.39 Å². The van der Waals surface area contributed by atoms with Crippen molar-refractivity contribution in [1.82, 2.24) is 30.1 Å². The first-order chi connectivity index (χ1) is 16.6. The van der Waals surface area contributed by atoms with Crippen LogP contribution in [0, 0.1) is 17.7 Å². The van der Waals surface area contributed by atoms with Crippen LogP contribution in [-0.2, 0) is 13.1 Å². The van der Waals surface area contributed by atoms with Crippen molar-refractivity contribution >= 4 is 28.5 Å². The minimum atomic E-state index is -0.400. The molecule has 0 saturated carbocycles. The Labute approximate surface area is 198 Å². The number of hydrogen-bond acceptors (Lipinski definition) is 6. The zero-order valence-electron chi connectivity index (χ0n) is 17.6. The van der Waals surface area contributed by atoms with Gasteiger partial charge in [0.1, 0.15) is 22.7 Å². The van der Waals surface area contributed by atoms with E-state index >= 15 is 0 Å². The van der Waals surface area contributed by atoms with Crippen LogP contribution in [0.1, 0.15) is 22.4 Å². The smallest absolute Gasteiger partial charge is 0.226 e. The zero-order valence-corrected chi connectivity index (χ0v) is 18.4. The van der Waals surface area contributed by atoms with Crippen LogP contribution in [0.4, 0.5) is 10.3 Å². The summed E-state index contributed by atoms with van der Waals surface area (Å²) in [5, 5.41) is 7.87. The number of H-pyrrole nitrogens is 1. The molecule has 7 nitrogen and oxygen atoms in total. The van der Waals surface area contributed by atoms with Crippen molar-refractivity contribution in [2.75, 3.05) is 4.90 Å². The summed E-state index contributed by atoms with van der Waals surface area (Å²) in [5.41, 5.74) is 4.36. The number of benzene rings is 2. The second-order valence-corrected chi connectivity index (χ2v) is 8.26. The summed E-state index contributed by atoms with van der Waals surface area (Å²) in [7, 11) is 0. The van der Waals surface area contributed by atoms with Crippen molar-refractivity contribution in [2.45, 2.75) is 13.1 Å². The Morgan fingerprint density at radius 3 is 2.76 bits per heavy atom. The number of hydrogen-bond donors (Lipinski definition) is 1. The van der Waals surface area contributed by atoms with E-state index in [-0.39, 0.29) is 0 Å². The van der Waals surface area contributed by atoms with Crippen molar-refractivity contribution < 1.29 is 4.39 Å². The second-order valence-electron chi connectivity index (χ2n) is 7.82. The summed E-state index contributed by atoms with van der Waals surface area (Å²) in [6, 6.07) is 12.5. The fourth-order valence-corrected chi connectivity index (χ4v) is 4.10. The van der Waals surface area contributed by atoms with Gasteiger partial charge >= 0.3 is 0 Å². The lowest BCUT2D eigenvalue weighted by molar-refractivity contribution is 0.636. The summed E-state index contributed by atoms with van der Waals surface area (Å²) < 4.78 is 14.2. The Morgan fingerprint density at radius 2 is 1.82 bits per heavy atom. The van der Waals surface area contributed by atoms with Crippen LogP contribution in [0.3, 0.4) is 0 Å². The largest absolute Gasteiger partial charge is 0.332 e. The van der Waals surface area contributed by atoms with Crippen LogP contribution in [0.2, 0.25) is 5.02 Å². The van der Waals surface area contributed by atoms with E-state index in [2.05, 4.69) is 46.9 Å². The van der Waals surface area contributed by atoms with Crippen molar-refractivity contribution in [3.63, 3.8) is 0 Å². The average Bonchev–Trinajstić information content (AvgIpc) is 3.50. The third-order valence-corrected chi connectivity index (χ3v) is 5.77. The van der Waals surface area contributed by atoms with E-state index in [1.165, 1.54) is 17.2 Å². The molecule has 0 unspecified atom stereocenters. The van der Waals surface area contributed by atoms with Crippen LogP contribution in [0.5, 0.6) is 0 Å². The van der Waals surface area contributed by atoms with Gasteiger partial charge in [0.05, 0.1) is 6.20 Å². The van der Waals surface area contributed by atoms with Crippen LogP contribution in [0.15, 0.2) is 61.1 Å². The molecule has 0 amide bonds. The van der Waals surface area contributed by atoms with Gasteiger partial charge in [-0.3, -0.25) is 5.10 Å². The van der Waals surface area contributed by atoms with Gasteiger partial charge in [0.2, 0.25) is 5.95 Å². The molecular weight excluding hydrogens is 453 g/mol. The number of anilines is 1. The highest BCUT2D eigenvalue weighted by atomic mass is 35.5. The normalized spacial score (nSPS) is 12.5. The summed E-state index contributed by atoms with van der Waals surface area (Å²) in [4.78, 5) is 20.1. The Hall–Kier alpha value is -4.35. The van der Waals surface area contributed by atoms with E-state index in [1.807, 2.05) is 18.2 Å². The molecule has 0 radical (unpaired) electrons. The molecule has 4 heterocycles. The lowest BCUT2D eigenvalue weighted by Crippen LogP contribution is -2.17. The van der Waals surface area contributed by atoms with Gasteiger partial charge in [0.15, 0.2) is 5.82 Å². The molecular formula is C25H15ClFN7. The number of aromatic amines is 1. The van der Waals surface area contributed by atoms with Crippen LogP contribution < -0.4 is 4.90 Å². The number of fused-ring (bicyclic) bond motifs is 2.